The van der Waals surface area contributed by atoms with E-state index in [0.717, 1.165) is 33.9 Å². The van der Waals surface area contributed by atoms with Gasteiger partial charge < -0.3 is 0 Å². The number of fused-ring (bicyclic) bond motifs is 4. The smallest absolute Gasteiger partial charge is 0.160 e. The minimum Gasteiger partial charge on any atom is -0.228 e. The maximum absolute atomic E-state index is 5.03. The predicted molar refractivity (Wildman–Crippen MR) is 230 cm³/mol. The average molecular weight is 703 g/mol. The topological polar surface area (TPSA) is 25.8 Å². The van der Waals surface area contributed by atoms with E-state index < -0.39 is 0 Å². The monoisotopic (exact) mass is 702 g/mol. The van der Waals surface area contributed by atoms with Gasteiger partial charge in [-0.25, -0.2) is 9.97 Å². The summed E-state index contributed by atoms with van der Waals surface area (Å²) in [6, 6.07) is 69.7. The number of hydrogen-bond acceptors (Lipinski definition) is 2. The van der Waals surface area contributed by atoms with Gasteiger partial charge in [-0.1, -0.05) is 190 Å². The molecule has 0 atom stereocenters. The zero-order valence-corrected chi connectivity index (χ0v) is 30.9. The Hall–Kier alpha value is -6.90. The lowest BCUT2D eigenvalue weighted by molar-refractivity contribution is 0.660. The molecule has 0 radical (unpaired) electrons. The molecule has 260 valence electrons. The molecule has 8 aromatic carbocycles. The van der Waals surface area contributed by atoms with Gasteiger partial charge in [-0.05, 0) is 84.6 Å². The molecule has 55 heavy (non-hydrogen) atoms. The second-order valence-corrected chi connectivity index (χ2v) is 15.0. The van der Waals surface area contributed by atoms with Gasteiger partial charge in [0.1, 0.15) is 0 Å². The molecule has 2 heteroatoms. The molecule has 1 aromatic heterocycles. The van der Waals surface area contributed by atoms with Crippen molar-refractivity contribution in [1.29, 1.82) is 0 Å². The van der Waals surface area contributed by atoms with E-state index in [-0.39, 0.29) is 5.41 Å². The van der Waals surface area contributed by atoms with Crippen LogP contribution in [0.3, 0.4) is 0 Å². The molecule has 0 aliphatic heterocycles. The van der Waals surface area contributed by atoms with Crippen LogP contribution in [0.4, 0.5) is 0 Å². The van der Waals surface area contributed by atoms with E-state index in [1.807, 2.05) is 36.4 Å². The molecule has 1 aliphatic carbocycles. The van der Waals surface area contributed by atoms with Crippen molar-refractivity contribution in [2.45, 2.75) is 19.3 Å². The van der Waals surface area contributed by atoms with Crippen molar-refractivity contribution in [2.75, 3.05) is 0 Å². The fourth-order valence-electron chi connectivity index (χ4n) is 8.34. The van der Waals surface area contributed by atoms with Gasteiger partial charge in [-0.3, -0.25) is 0 Å². The molecule has 9 aromatic rings. The average Bonchev–Trinajstić information content (AvgIpc) is 3.49. The number of nitrogens with zero attached hydrogens (tertiary/aromatic N) is 2. The second-order valence-electron chi connectivity index (χ2n) is 15.0. The maximum atomic E-state index is 5.03. The maximum Gasteiger partial charge on any atom is 0.160 e. The summed E-state index contributed by atoms with van der Waals surface area (Å²) in [4.78, 5) is 9.99. The SMILES string of the molecule is CC1(C)c2ccccc2-c2ccc(-c3ccc(-c4ccc5c(-c6ccc(-c7cc(-c8ccccc8)nc(-c8ccccc8)n7)cc6)cccc5c4)cc3)cc21. The molecule has 1 heterocycles. The van der Waals surface area contributed by atoms with Gasteiger partial charge in [0.2, 0.25) is 0 Å². The number of aromatic nitrogens is 2. The lowest BCUT2D eigenvalue weighted by Gasteiger charge is -2.22. The summed E-state index contributed by atoms with van der Waals surface area (Å²) in [5.74, 6) is 0.721. The third-order valence-electron chi connectivity index (χ3n) is 11.3. The molecule has 0 amide bonds. The number of hydrogen-bond donors (Lipinski definition) is 0. The van der Waals surface area contributed by atoms with Crippen LogP contribution < -0.4 is 0 Å². The quantitative estimate of drug-likeness (QED) is 0.172. The Morgan fingerprint density at radius 2 is 0.836 bits per heavy atom. The van der Waals surface area contributed by atoms with E-state index in [4.69, 9.17) is 9.97 Å². The van der Waals surface area contributed by atoms with Crippen molar-refractivity contribution in [3.8, 4) is 78.4 Å². The van der Waals surface area contributed by atoms with Gasteiger partial charge >= 0.3 is 0 Å². The van der Waals surface area contributed by atoms with Crippen LogP contribution in [0.2, 0.25) is 0 Å². The summed E-state index contributed by atoms with van der Waals surface area (Å²) in [7, 11) is 0. The van der Waals surface area contributed by atoms with E-state index in [1.54, 1.807) is 0 Å². The first-order valence-electron chi connectivity index (χ1n) is 19.0. The fraction of sp³-hybridized carbons (Fsp3) is 0.0566. The Bertz CT molecular complexity index is 2800. The van der Waals surface area contributed by atoms with Crippen molar-refractivity contribution in [3.63, 3.8) is 0 Å². The molecular formula is C53H38N2. The Morgan fingerprint density at radius 3 is 1.55 bits per heavy atom. The Morgan fingerprint density at radius 1 is 0.327 bits per heavy atom. The molecule has 0 N–H and O–H groups in total. The molecule has 10 rings (SSSR count). The van der Waals surface area contributed by atoms with Crippen molar-refractivity contribution < 1.29 is 0 Å². The van der Waals surface area contributed by atoms with Gasteiger partial charge in [0, 0.05) is 22.1 Å². The molecule has 0 unspecified atom stereocenters. The van der Waals surface area contributed by atoms with Gasteiger partial charge in [0.25, 0.3) is 0 Å². The highest BCUT2D eigenvalue weighted by Gasteiger charge is 2.35. The zero-order chi connectivity index (χ0) is 36.9. The fourth-order valence-corrected chi connectivity index (χ4v) is 8.34. The highest BCUT2D eigenvalue weighted by molar-refractivity contribution is 5.99. The van der Waals surface area contributed by atoms with Crippen LogP contribution in [0.1, 0.15) is 25.0 Å². The summed E-state index contributed by atoms with van der Waals surface area (Å²) < 4.78 is 0. The minimum atomic E-state index is -0.0101. The van der Waals surface area contributed by atoms with Gasteiger partial charge in [0.15, 0.2) is 5.82 Å². The Labute approximate surface area is 322 Å². The van der Waals surface area contributed by atoms with Crippen molar-refractivity contribution in [1.82, 2.24) is 9.97 Å². The van der Waals surface area contributed by atoms with Crippen LogP contribution in [0, 0.1) is 0 Å². The predicted octanol–water partition coefficient (Wildman–Crippen LogP) is 13.9. The molecular weight excluding hydrogens is 665 g/mol. The summed E-state index contributed by atoms with van der Waals surface area (Å²) in [5.41, 5.74) is 17.8. The molecule has 0 fully saturated rings. The molecule has 2 nitrogen and oxygen atoms in total. The lowest BCUT2D eigenvalue weighted by atomic mass is 9.81. The first kappa shape index (κ1) is 32.7. The van der Waals surface area contributed by atoms with E-state index in [2.05, 4.69) is 172 Å². The van der Waals surface area contributed by atoms with Gasteiger partial charge in [0.05, 0.1) is 11.4 Å². The van der Waals surface area contributed by atoms with Gasteiger partial charge in [-0.2, -0.15) is 0 Å². The summed E-state index contributed by atoms with van der Waals surface area (Å²) in [6.45, 7) is 4.68. The zero-order valence-electron chi connectivity index (χ0n) is 30.9. The van der Waals surface area contributed by atoms with Crippen LogP contribution in [0.15, 0.2) is 194 Å². The van der Waals surface area contributed by atoms with Crippen LogP contribution in [-0.4, -0.2) is 9.97 Å². The van der Waals surface area contributed by atoms with Crippen LogP contribution in [0.5, 0.6) is 0 Å². The summed E-state index contributed by atoms with van der Waals surface area (Å²) >= 11 is 0. The third kappa shape index (κ3) is 5.84. The van der Waals surface area contributed by atoms with Crippen LogP contribution >= 0.6 is 0 Å². The summed E-state index contributed by atoms with van der Waals surface area (Å²) in [5, 5.41) is 2.46. The van der Waals surface area contributed by atoms with Crippen LogP contribution in [0.25, 0.3) is 89.2 Å². The highest BCUT2D eigenvalue weighted by atomic mass is 14.9. The van der Waals surface area contributed by atoms with E-state index in [0.29, 0.717) is 0 Å². The highest BCUT2D eigenvalue weighted by Crippen LogP contribution is 2.49. The molecule has 1 aliphatic rings. The van der Waals surface area contributed by atoms with E-state index in [1.165, 1.54) is 66.4 Å². The largest absolute Gasteiger partial charge is 0.228 e. The normalized spacial score (nSPS) is 12.7. The minimum absolute atomic E-state index is 0.0101. The second kappa shape index (κ2) is 13.2. The number of benzene rings is 8. The van der Waals surface area contributed by atoms with Crippen molar-refractivity contribution >= 4 is 10.8 Å². The summed E-state index contributed by atoms with van der Waals surface area (Å²) in [6.07, 6.45) is 0. The molecule has 0 saturated heterocycles. The third-order valence-corrected chi connectivity index (χ3v) is 11.3. The Balaban J connectivity index is 0.935. The van der Waals surface area contributed by atoms with E-state index in [9.17, 15) is 0 Å². The first-order chi connectivity index (χ1) is 27.0. The Kier molecular flexibility index (Phi) is 7.85. The van der Waals surface area contributed by atoms with Gasteiger partial charge in [-0.15, -0.1) is 0 Å². The van der Waals surface area contributed by atoms with Crippen LogP contribution in [-0.2, 0) is 5.41 Å². The molecule has 0 saturated carbocycles. The van der Waals surface area contributed by atoms with E-state index >= 15 is 0 Å². The first-order valence-corrected chi connectivity index (χ1v) is 19.0. The van der Waals surface area contributed by atoms with Crippen molar-refractivity contribution in [2.24, 2.45) is 0 Å². The van der Waals surface area contributed by atoms with Crippen molar-refractivity contribution in [3.05, 3.63) is 205 Å². The lowest BCUT2D eigenvalue weighted by Crippen LogP contribution is -2.14. The standard InChI is InChI=1S/C53H38N2/c1-53(2)48-19-10-9-17-46(48)47-31-29-42(33-49(47)53)36-22-20-35(21-23-36)41-28-30-45-43(32-41)16-11-18-44(45)37-24-26-39(27-25-37)51-34-50(38-12-5-3-6-13-38)54-52(55-51)40-14-7-4-8-15-40/h3-34H,1-2H3. The number of rotatable bonds is 6. The molecule has 0 spiro atoms. The molecule has 0 bridgehead atoms.